The Labute approximate surface area is 92.0 Å². The predicted molar refractivity (Wildman–Crippen MR) is 61.6 cm³/mol. The smallest absolute Gasteiger partial charge is 0.150 e. The summed E-state index contributed by atoms with van der Waals surface area (Å²) < 4.78 is 1.20. The van der Waals surface area contributed by atoms with Gasteiger partial charge in [0.25, 0.3) is 0 Å². The van der Waals surface area contributed by atoms with E-state index in [-0.39, 0.29) is 0 Å². The van der Waals surface area contributed by atoms with Crippen LogP contribution in [0, 0.1) is 0 Å². The fourth-order valence-corrected chi connectivity index (χ4v) is 2.98. The Bertz CT molecular complexity index is 513. The highest BCUT2D eigenvalue weighted by Crippen LogP contribution is 2.39. The lowest BCUT2D eigenvalue weighted by Crippen LogP contribution is -2.07. The topological polar surface area (TPSA) is 30.0 Å². The van der Waals surface area contributed by atoms with E-state index in [1.165, 1.54) is 29.0 Å². The van der Waals surface area contributed by atoms with Crippen LogP contribution in [-0.2, 0) is 0 Å². The molecule has 3 heteroatoms. The zero-order valence-electron chi connectivity index (χ0n) is 8.27. The second-order valence-electron chi connectivity index (χ2n) is 4.02. The fraction of sp³-hybridized carbons (Fsp3) is 0.333. The molecule has 0 N–H and O–H groups in total. The molecule has 2 aromatic rings. The van der Waals surface area contributed by atoms with Crippen LogP contribution in [0.5, 0.6) is 0 Å². The van der Waals surface area contributed by atoms with Crippen LogP contribution in [0.15, 0.2) is 18.2 Å². The molecule has 3 rings (SSSR count). The molecule has 0 bridgehead atoms. The lowest BCUT2D eigenvalue weighted by atomic mass is 9.86. The lowest BCUT2D eigenvalue weighted by Gasteiger charge is -2.22. The van der Waals surface area contributed by atoms with E-state index in [0.29, 0.717) is 11.5 Å². The first-order valence-corrected chi connectivity index (χ1v) is 6.04. The van der Waals surface area contributed by atoms with Gasteiger partial charge in [-0.2, -0.15) is 0 Å². The summed E-state index contributed by atoms with van der Waals surface area (Å²) in [5, 5.41) is 1.25. The number of hydrogen-bond donors (Lipinski definition) is 0. The largest absolute Gasteiger partial charge is 0.298 e. The summed E-state index contributed by atoms with van der Waals surface area (Å²) in [4.78, 5) is 15.2. The first-order chi connectivity index (χ1) is 7.36. The molecule has 1 aliphatic rings. The van der Waals surface area contributed by atoms with E-state index < -0.39 is 0 Å². The molecule has 0 amide bonds. The summed E-state index contributed by atoms with van der Waals surface area (Å²) in [5.74, 6) is 0.682. The van der Waals surface area contributed by atoms with Gasteiger partial charge in [0.2, 0.25) is 0 Å². The van der Waals surface area contributed by atoms with Gasteiger partial charge in [0, 0.05) is 11.5 Å². The van der Waals surface area contributed by atoms with Crippen LogP contribution in [-0.4, -0.2) is 11.3 Å². The Kier molecular flexibility index (Phi) is 2.06. The van der Waals surface area contributed by atoms with E-state index in [0.717, 1.165) is 11.8 Å². The molecule has 0 atom stereocenters. The average molecular weight is 217 g/mol. The van der Waals surface area contributed by atoms with Crippen LogP contribution < -0.4 is 0 Å². The zero-order chi connectivity index (χ0) is 10.3. The molecule has 1 aromatic heterocycles. The van der Waals surface area contributed by atoms with Crippen LogP contribution in [0.25, 0.3) is 10.2 Å². The van der Waals surface area contributed by atoms with Gasteiger partial charge < -0.3 is 0 Å². The van der Waals surface area contributed by atoms with E-state index in [1.54, 1.807) is 11.3 Å². The number of carbonyl (C=O) groups is 1. The molecule has 1 saturated carbocycles. The predicted octanol–water partition coefficient (Wildman–Crippen LogP) is 3.38. The van der Waals surface area contributed by atoms with Crippen molar-refractivity contribution in [1.82, 2.24) is 4.98 Å². The van der Waals surface area contributed by atoms with Gasteiger partial charge in [-0.1, -0.05) is 12.5 Å². The Morgan fingerprint density at radius 1 is 1.40 bits per heavy atom. The van der Waals surface area contributed by atoms with Crippen LogP contribution in [0.2, 0.25) is 0 Å². The van der Waals surface area contributed by atoms with Crippen molar-refractivity contribution in [2.75, 3.05) is 0 Å². The van der Waals surface area contributed by atoms with Gasteiger partial charge in [0.1, 0.15) is 6.29 Å². The summed E-state index contributed by atoms with van der Waals surface area (Å²) in [6, 6.07) is 5.73. The van der Waals surface area contributed by atoms with Gasteiger partial charge in [-0.15, -0.1) is 11.3 Å². The molecule has 0 spiro atoms. The normalized spacial score (nSPS) is 16.5. The summed E-state index contributed by atoms with van der Waals surface area (Å²) in [6.45, 7) is 0. The molecule has 1 aliphatic carbocycles. The molecule has 76 valence electrons. The Balaban J connectivity index is 2.08. The van der Waals surface area contributed by atoms with E-state index in [1.807, 2.05) is 18.2 Å². The van der Waals surface area contributed by atoms with Gasteiger partial charge in [-0.3, -0.25) is 4.79 Å². The van der Waals surface area contributed by atoms with Crippen molar-refractivity contribution in [2.24, 2.45) is 0 Å². The Hall–Kier alpha value is -1.22. The van der Waals surface area contributed by atoms with Gasteiger partial charge in [-0.25, -0.2) is 4.98 Å². The Morgan fingerprint density at radius 3 is 2.93 bits per heavy atom. The second-order valence-corrected chi connectivity index (χ2v) is 5.09. The molecule has 0 saturated heterocycles. The van der Waals surface area contributed by atoms with Crippen LogP contribution in [0.3, 0.4) is 0 Å². The van der Waals surface area contributed by atoms with Crippen LogP contribution >= 0.6 is 11.3 Å². The van der Waals surface area contributed by atoms with Gasteiger partial charge in [0.15, 0.2) is 0 Å². The number of benzene rings is 1. The van der Waals surface area contributed by atoms with Crippen molar-refractivity contribution in [1.29, 1.82) is 0 Å². The molecule has 0 aliphatic heterocycles. The molecule has 2 nitrogen and oxygen atoms in total. The highest BCUT2D eigenvalue weighted by molar-refractivity contribution is 7.18. The summed E-state index contributed by atoms with van der Waals surface area (Å²) in [7, 11) is 0. The number of rotatable bonds is 2. The maximum absolute atomic E-state index is 10.6. The van der Waals surface area contributed by atoms with E-state index >= 15 is 0 Å². The van der Waals surface area contributed by atoms with Crippen molar-refractivity contribution in [3.63, 3.8) is 0 Å². The van der Waals surface area contributed by atoms with Gasteiger partial charge in [0.05, 0.1) is 15.2 Å². The fourth-order valence-electron chi connectivity index (χ4n) is 1.87. The second kappa shape index (κ2) is 3.42. The molecule has 1 aromatic carbocycles. The number of aromatic nitrogens is 1. The molecular formula is C12H11NOS. The average Bonchev–Trinajstić information content (AvgIpc) is 2.56. The highest BCUT2D eigenvalue weighted by atomic mass is 32.1. The summed E-state index contributed by atoms with van der Waals surface area (Å²) >= 11 is 1.77. The first-order valence-electron chi connectivity index (χ1n) is 5.22. The van der Waals surface area contributed by atoms with E-state index in [4.69, 9.17) is 0 Å². The van der Waals surface area contributed by atoms with Crippen LogP contribution in [0.1, 0.15) is 40.5 Å². The summed E-state index contributed by atoms with van der Waals surface area (Å²) in [6.07, 6.45) is 4.77. The standard InChI is InChI=1S/C12H11NOS/c14-7-8-4-5-11-10(6-8)13-12(15-11)9-2-1-3-9/h4-7,9H,1-3H2. The first kappa shape index (κ1) is 9.04. The number of carbonyl (C=O) groups excluding carboxylic acids is 1. The van der Waals surface area contributed by atoms with E-state index in [2.05, 4.69) is 4.98 Å². The minimum atomic E-state index is 0.682. The maximum atomic E-state index is 10.6. The van der Waals surface area contributed by atoms with Crippen molar-refractivity contribution >= 4 is 27.8 Å². The number of aldehydes is 1. The third-order valence-corrected chi connectivity index (χ3v) is 4.22. The summed E-state index contributed by atoms with van der Waals surface area (Å²) in [5.41, 5.74) is 1.69. The molecule has 1 fully saturated rings. The number of hydrogen-bond acceptors (Lipinski definition) is 3. The number of nitrogens with zero attached hydrogens (tertiary/aromatic N) is 1. The molecular weight excluding hydrogens is 206 g/mol. The number of thiazole rings is 1. The minimum absolute atomic E-state index is 0.682. The molecule has 15 heavy (non-hydrogen) atoms. The van der Waals surface area contributed by atoms with Gasteiger partial charge >= 0.3 is 0 Å². The maximum Gasteiger partial charge on any atom is 0.150 e. The van der Waals surface area contributed by atoms with Crippen molar-refractivity contribution in [3.8, 4) is 0 Å². The quantitative estimate of drug-likeness (QED) is 0.722. The number of fused-ring (bicyclic) bond motifs is 1. The molecule has 1 heterocycles. The Morgan fingerprint density at radius 2 is 2.27 bits per heavy atom. The highest BCUT2D eigenvalue weighted by Gasteiger charge is 2.22. The lowest BCUT2D eigenvalue weighted by molar-refractivity contribution is 0.112. The van der Waals surface area contributed by atoms with Crippen molar-refractivity contribution in [3.05, 3.63) is 28.8 Å². The minimum Gasteiger partial charge on any atom is -0.298 e. The van der Waals surface area contributed by atoms with Crippen molar-refractivity contribution in [2.45, 2.75) is 25.2 Å². The zero-order valence-corrected chi connectivity index (χ0v) is 9.09. The SMILES string of the molecule is O=Cc1ccc2sc(C3CCC3)nc2c1. The molecule has 0 unspecified atom stereocenters. The van der Waals surface area contributed by atoms with Gasteiger partial charge in [-0.05, 0) is 25.0 Å². The monoisotopic (exact) mass is 217 g/mol. The van der Waals surface area contributed by atoms with E-state index in [9.17, 15) is 4.79 Å². The third kappa shape index (κ3) is 1.47. The van der Waals surface area contributed by atoms with Crippen LogP contribution in [0.4, 0.5) is 0 Å². The third-order valence-electron chi connectivity index (χ3n) is 3.02. The van der Waals surface area contributed by atoms with Crippen molar-refractivity contribution < 1.29 is 4.79 Å². The molecule has 0 radical (unpaired) electrons.